The van der Waals surface area contributed by atoms with E-state index in [1.54, 1.807) is 0 Å². The smallest absolute Gasteiger partial charge is 0.00219 e. The highest BCUT2D eigenvalue weighted by Gasteiger charge is 1.93. The molecule has 0 amide bonds. The summed E-state index contributed by atoms with van der Waals surface area (Å²) >= 11 is 0. The molecule has 0 fully saturated rings. The molecular formula is C12H29N. The molecule has 0 aromatic rings. The molecule has 0 rings (SSSR count). The largest absolute Gasteiger partial charge is 0.307 e. The molecule has 0 unspecified atom stereocenters. The molecule has 0 heterocycles. The van der Waals surface area contributed by atoms with Crippen LogP contribution in [0, 0.1) is 0 Å². The van der Waals surface area contributed by atoms with Gasteiger partial charge in [-0.05, 0) is 26.6 Å². The topological polar surface area (TPSA) is 3.24 Å². The molecule has 0 aliphatic rings. The summed E-state index contributed by atoms with van der Waals surface area (Å²) in [5, 5.41) is 0. The van der Waals surface area contributed by atoms with Gasteiger partial charge in [0.25, 0.3) is 0 Å². The van der Waals surface area contributed by atoms with Crippen molar-refractivity contribution in [3.63, 3.8) is 0 Å². The number of rotatable bonds is 7. The fraction of sp³-hybridized carbons (Fsp3) is 1.00. The highest BCUT2D eigenvalue weighted by atomic mass is 15.1. The Morgan fingerprint density at radius 1 is 0.846 bits per heavy atom. The Bertz CT molecular complexity index is 71.5. The first-order chi connectivity index (χ1) is 6.31. The van der Waals surface area contributed by atoms with E-state index < -0.39 is 0 Å². The van der Waals surface area contributed by atoms with Gasteiger partial charge in [-0.15, -0.1) is 0 Å². The average Bonchev–Trinajstić information content (AvgIpc) is 2.20. The first kappa shape index (κ1) is 15.4. The van der Waals surface area contributed by atoms with Gasteiger partial charge in [0, 0.05) is 0 Å². The van der Waals surface area contributed by atoms with Crippen molar-refractivity contribution < 1.29 is 0 Å². The first-order valence-electron chi connectivity index (χ1n) is 5.99. The third-order valence-corrected chi connectivity index (χ3v) is 2.18. The predicted octanol–water partition coefficient (Wildman–Crippen LogP) is 3.93. The molecule has 0 N–H and O–H groups in total. The maximum atomic E-state index is 2.38. The maximum absolute atomic E-state index is 2.38. The van der Waals surface area contributed by atoms with Crippen molar-refractivity contribution in [2.45, 2.75) is 59.8 Å². The number of hydrogen-bond donors (Lipinski definition) is 0. The van der Waals surface area contributed by atoms with E-state index in [0.717, 1.165) is 0 Å². The first-order valence-corrected chi connectivity index (χ1v) is 5.99. The summed E-state index contributed by atoms with van der Waals surface area (Å²) in [6.07, 6.45) is 6.98. The summed E-state index contributed by atoms with van der Waals surface area (Å²) < 4.78 is 0. The minimum Gasteiger partial charge on any atom is -0.307 e. The van der Waals surface area contributed by atoms with Crippen molar-refractivity contribution in [1.82, 2.24) is 4.90 Å². The normalized spacial score (nSPS) is 9.69. The average molecular weight is 187 g/mol. The van der Waals surface area contributed by atoms with Gasteiger partial charge in [-0.25, -0.2) is 0 Å². The van der Waals surface area contributed by atoms with E-state index in [-0.39, 0.29) is 0 Å². The molecule has 0 aromatic heterocycles. The lowest BCUT2D eigenvalue weighted by atomic mass is 10.1. The molecule has 0 saturated carbocycles. The third-order valence-electron chi connectivity index (χ3n) is 2.18. The summed E-state index contributed by atoms with van der Waals surface area (Å²) in [5.74, 6) is 0. The third kappa shape index (κ3) is 14.8. The van der Waals surface area contributed by atoms with Crippen molar-refractivity contribution in [2.75, 3.05) is 20.1 Å². The Kier molecular flexibility index (Phi) is 17.2. The van der Waals surface area contributed by atoms with Crippen LogP contribution in [0.3, 0.4) is 0 Å². The lowest BCUT2D eigenvalue weighted by molar-refractivity contribution is 0.341. The van der Waals surface area contributed by atoms with E-state index >= 15 is 0 Å². The van der Waals surface area contributed by atoms with Gasteiger partial charge in [-0.1, -0.05) is 53.4 Å². The lowest BCUT2D eigenvalue weighted by Crippen LogP contribution is -2.18. The zero-order valence-corrected chi connectivity index (χ0v) is 10.4. The second-order valence-electron chi connectivity index (χ2n) is 3.31. The van der Waals surface area contributed by atoms with Crippen LogP contribution < -0.4 is 0 Å². The molecule has 0 aliphatic carbocycles. The standard InChI is InChI=1S/C10H23N.C2H6/c1-4-6-7-8-9-10-11(3)5-2;1-2/h4-10H2,1-3H3;1-2H3. The minimum absolute atomic E-state index is 1.19. The fourth-order valence-electron chi connectivity index (χ4n) is 1.14. The molecule has 1 nitrogen and oxygen atoms in total. The van der Waals surface area contributed by atoms with Gasteiger partial charge in [0.15, 0.2) is 0 Å². The van der Waals surface area contributed by atoms with Crippen LogP contribution in [0.4, 0.5) is 0 Å². The quantitative estimate of drug-likeness (QED) is 0.546. The molecule has 13 heavy (non-hydrogen) atoms. The van der Waals surface area contributed by atoms with Crippen molar-refractivity contribution in [3.05, 3.63) is 0 Å². The van der Waals surface area contributed by atoms with E-state index in [2.05, 4.69) is 25.8 Å². The van der Waals surface area contributed by atoms with E-state index in [0.29, 0.717) is 0 Å². The monoisotopic (exact) mass is 187 g/mol. The van der Waals surface area contributed by atoms with Crippen molar-refractivity contribution in [2.24, 2.45) is 0 Å². The molecule has 0 aliphatic heterocycles. The maximum Gasteiger partial charge on any atom is -0.00219 e. The molecule has 0 radical (unpaired) electrons. The van der Waals surface area contributed by atoms with Crippen LogP contribution in [0.15, 0.2) is 0 Å². The highest BCUT2D eigenvalue weighted by Crippen LogP contribution is 2.02. The van der Waals surface area contributed by atoms with E-state index in [1.807, 2.05) is 13.8 Å². The SMILES string of the molecule is CC.CCCCCCCN(C)CC. The Morgan fingerprint density at radius 2 is 1.38 bits per heavy atom. The Hall–Kier alpha value is -0.0400. The second-order valence-corrected chi connectivity index (χ2v) is 3.31. The summed E-state index contributed by atoms with van der Waals surface area (Å²) in [4.78, 5) is 2.38. The lowest BCUT2D eigenvalue weighted by Gasteiger charge is -2.12. The van der Waals surface area contributed by atoms with E-state index in [4.69, 9.17) is 0 Å². The van der Waals surface area contributed by atoms with Gasteiger partial charge in [0.05, 0.1) is 0 Å². The van der Waals surface area contributed by atoms with Crippen LogP contribution in [-0.4, -0.2) is 25.0 Å². The molecule has 0 bridgehead atoms. The number of hydrogen-bond acceptors (Lipinski definition) is 1. The van der Waals surface area contributed by atoms with Crippen LogP contribution >= 0.6 is 0 Å². The van der Waals surface area contributed by atoms with Crippen LogP contribution in [0.1, 0.15) is 59.8 Å². The molecule has 82 valence electrons. The van der Waals surface area contributed by atoms with Crippen molar-refractivity contribution in [3.8, 4) is 0 Å². The van der Waals surface area contributed by atoms with Crippen molar-refractivity contribution >= 4 is 0 Å². The van der Waals surface area contributed by atoms with Crippen LogP contribution in [0.2, 0.25) is 0 Å². The van der Waals surface area contributed by atoms with Crippen LogP contribution in [0.25, 0.3) is 0 Å². The van der Waals surface area contributed by atoms with Gasteiger partial charge in [-0.3, -0.25) is 0 Å². The molecular weight excluding hydrogens is 158 g/mol. The van der Waals surface area contributed by atoms with Gasteiger partial charge in [-0.2, -0.15) is 0 Å². The summed E-state index contributed by atoms with van der Waals surface area (Å²) in [6.45, 7) is 10.9. The highest BCUT2D eigenvalue weighted by molar-refractivity contribution is 4.48. The van der Waals surface area contributed by atoms with Crippen molar-refractivity contribution in [1.29, 1.82) is 0 Å². The van der Waals surface area contributed by atoms with Gasteiger partial charge >= 0.3 is 0 Å². The Morgan fingerprint density at radius 3 is 1.85 bits per heavy atom. The van der Waals surface area contributed by atoms with Crippen LogP contribution in [0.5, 0.6) is 0 Å². The van der Waals surface area contributed by atoms with Gasteiger partial charge in [0.2, 0.25) is 0 Å². The van der Waals surface area contributed by atoms with Gasteiger partial charge in [0.1, 0.15) is 0 Å². The molecule has 0 atom stereocenters. The minimum atomic E-state index is 1.19. The predicted molar refractivity (Wildman–Crippen MR) is 63.3 cm³/mol. The van der Waals surface area contributed by atoms with Gasteiger partial charge < -0.3 is 4.90 Å². The second kappa shape index (κ2) is 14.5. The van der Waals surface area contributed by atoms with E-state index in [9.17, 15) is 0 Å². The van der Waals surface area contributed by atoms with Crippen LogP contribution in [-0.2, 0) is 0 Å². The number of nitrogens with zero attached hydrogens (tertiary/aromatic N) is 1. The fourth-order valence-corrected chi connectivity index (χ4v) is 1.14. The summed E-state index contributed by atoms with van der Waals surface area (Å²) in [7, 11) is 2.19. The number of unbranched alkanes of at least 4 members (excludes halogenated alkanes) is 4. The summed E-state index contributed by atoms with van der Waals surface area (Å²) in [5.41, 5.74) is 0. The molecule has 0 aromatic carbocycles. The van der Waals surface area contributed by atoms with E-state index in [1.165, 1.54) is 45.2 Å². The zero-order chi connectivity index (χ0) is 10.5. The Labute approximate surface area is 85.5 Å². The molecule has 0 spiro atoms. The summed E-state index contributed by atoms with van der Waals surface area (Å²) in [6, 6.07) is 0. The molecule has 0 saturated heterocycles. The zero-order valence-electron chi connectivity index (χ0n) is 10.4. The molecule has 1 heteroatoms. The Balaban J connectivity index is 0.